The molecule has 1 amide bonds. The lowest BCUT2D eigenvalue weighted by Crippen LogP contribution is -2.44. The number of amides is 1. The molecule has 2 aromatic rings. The van der Waals surface area contributed by atoms with Gasteiger partial charge in [-0.15, -0.1) is 0 Å². The van der Waals surface area contributed by atoms with Gasteiger partial charge in [0.15, 0.2) is 23.0 Å². The van der Waals surface area contributed by atoms with Crippen LogP contribution in [0.4, 0.5) is 0 Å². The summed E-state index contributed by atoms with van der Waals surface area (Å²) in [7, 11) is -1.07. The van der Waals surface area contributed by atoms with E-state index in [-0.39, 0.29) is 24.0 Å². The van der Waals surface area contributed by atoms with Crippen LogP contribution in [0.1, 0.15) is 12.5 Å². The van der Waals surface area contributed by atoms with Crippen LogP contribution in [0, 0.1) is 0 Å². The summed E-state index contributed by atoms with van der Waals surface area (Å²) in [5.74, 6) is 1.47. The molecule has 2 aromatic carbocycles. The summed E-state index contributed by atoms with van der Waals surface area (Å²) in [4.78, 5) is 12.3. The highest BCUT2D eigenvalue weighted by atomic mass is 32.2. The van der Waals surface area contributed by atoms with E-state index in [2.05, 4.69) is 10.0 Å². The predicted molar refractivity (Wildman–Crippen MR) is 104 cm³/mol. The van der Waals surface area contributed by atoms with Crippen LogP contribution < -0.4 is 29.0 Å². The quantitative estimate of drug-likeness (QED) is 0.662. The fraction of sp³-hybridized carbons (Fsp3) is 0.316. The van der Waals surface area contributed by atoms with Gasteiger partial charge in [0.25, 0.3) is 0 Å². The maximum atomic E-state index is 12.6. The normalized spacial score (nSPS) is 13.6. The maximum absolute atomic E-state index is 12.6. The Morgan fingerprint density at radius 1 is 1.07 bits per heavy atom. The summed E-state index contributed by atoms with van der Waals surface area (Å²) < 4.78 is 48.3. The van der Waals surface area contributed by atoms with E-state index in [4.69, 9.17) is 18.9 Å². The third-order valence-electron chi connectivity index (χ3n) is 4.29. The zero-order valence-electron chi connectivity index (χ0n) is 16.2. The minimum absolute atomic E-state index is 0.0365. The summed E-state index contributed by atoms with van der Waals surface area (Å²) in [5, 5.41) is 2.70. The number of methoxy groups -OCH3 is 2. The molecule has 10 heteroatoms. The molecule has 29 heavy (non-hydrogen) atoms. The first kappa shape index (κ1) is 20.7. The van der Waals surface area contributed by atoms with Crippen LogP contribution in [0.25, 0.3) is 0 Å². The van der Waals surface area contributed by atoms with Crippen molar-refractivity contribution < 1.29 is 32.2 Å². The Bertz CT molecular complexity index is 1010. The lowest BCUT2D eigenvalue weighted by Gasteiger charge is -2.15. The first-order valence-corrected chi connectivity index (χ1v) is 10.2. The molecule has 0 spiro atoms. The van der Waals surface area contributed by atoms with Gasteiger partial charge in [-0.2, -0.15) is 4.72 Å². The van der Waals surface area contributed by atoms with Crippen LogP contribution in [0.15, 0.2) is 41.3 Å². The third-order valence-corrected chi connectivity index (χ3v) is 5.83. The van der Waals surface area contributed by atoms with Gasteiger partial charge in [-0.05, 0) is 36.8 Å². The van der Waals surface area contributed by atoms with E-state index >= 15 is 0 Å². The van der Waals surface area contributed by atoms with Crippen LogP contribution in [0.5, 0.6) is 23.0 Å². The number of fused-ring (bicyclic) bond motifs is 1. The van der Waals surface area contributed by atoms with Crippen molar-refractivity contribution in [2.75, 3.05) is 21.0 Å². The Kier molecular flexibility index (Phi) is 6.14. The molecule has 1 aliphatic rings. The number of hydrogen-bond donors (Lipinski definition) is 2. The van der Waals surface area contributed by atoms with Crippen molar-refractivity contribution in [3.63, 3.8) is 0 Å². The summed E-state index contributed by atoms with van der Waals surface area (Å²) in [6.45, 7) is 1.85. The van der Waals surface area contributed by atoms with Crippen molar-refractivity contribution in [1.82, 2.24) is 10.0 Å². The molecule has 1 aliphatic heterocycles. The van der Waals surface area contributed by atoms with Gasteiger partial charge < -0.3 is 24.3 Å². The number of benzene rings is 2. The molecular formula is C19H22N2O7S. The second-order valence-corrected chi connectivity index (χ2v) is 7.98. The smallest absolute Gasteiger partial charge is 0.241 e. The number of carbonyl (C=O) groups is 1. The molecular weight excluding hydrogens is 400 g/mol. The van der Waals surface area contributed by atoms with E-state index in [0.717, 1.165) is 5.56 Å². The first-order chi connectivity index (χ1) is 13.8. The zero-order chi connectivity index (χ0) is 21.0. The number of nitrogens with one attached hydrogen (secondary N) is 2. The number of hydrogen-bond acceptors (Lipinski definition) is 7. The highest BCUT2D eigenvalue weighted by Crippen LogP contribution is 2.32. The van der Waals surface area contributed by atoms with Gasteiger partial charge in [0.05, 0.1) is 25.2 Å². The summed E-state index contributed by atoms with van der Waals surface area (Å²) >= 11 is 0. The fourth-order valence-corrected chi connectivity index (χ4v) is 3.95. The molecule has 0 saturated heterocycles. The Morgan fingerprint density at radius 3 is 2.52 bits per heavy atom. The number of rotatable bonds is 8. The van der Waals surface area contributed by atoms with E-state index in [0.29, 0.717) is 17.2 Å². The fourth-order valence-electron chi connectivity index (χ4n) is 2.73. The molecule has 2 N–H and O–H groups in total. The predicted octanol–water partition coefficient (Wildman–Crippen LogP) is 1.42. The second-order valence-electron chi connectivity index (χ2n) is 6.27. The molecule has 0 aliphatic carbocycles. The van der Waals surface area contributed by atoms with Crippen molar-refractivity contribution in [1.29, 1.82) is 0 Å². The molecule has 9 nitrogen and oxygen atoms in total. The van der Waals surface area contributed by atoms with Gasteiger partial charge in [-0.25, -0.2) is 8.42 Å². The number of carbonyl (C=O) groups excluding carboxylic acids is 1. The molecule has 0 radical (unpaired) electrons. The van der Waals surface area contributed by atoms with Gasteiger partial charge in [-0.3, -0.25) is 4.79 Å². The van der Waals surface area contributed by atoms with Crippen LogP contribution in [-0.2, 0) is 21.4 Å². The molecule has 156 valence electrons. The van der Waals surface area contributed by atoms with Crippen molar-refractivity contribution in [2.45, 2.75) is 24.4 Å². The van der Waals surface area contributed by atoms with Gasteiger partial charge in [0.1, 0.15) is 0 Å². The first-order valence-electron chi connectivity index (χ1n) is 8.74. The Balaban J connectivity index is 1.62. The summed E-state index contributed by atoms with van der Waals surface area (Å²) in [5.41, 5.74) is 0.803. The van der Waals surface area contributed by atoms with Crippen molar-refractivity contribution in [3.05, 3.63) is 42.0 Å². The Hall–Kier alpha value is -2.98. The zero-order valence-corrected chi connectivity index (χ0v) is 17.0. The molecule has 3 rings (SSSR count). The Morgan fingerprint density at radius 2 is 1.79 bits per heavy atom. The lowest BCUT2D eigenvalue weighted by molar-refractivity contribution is -0.122. The summed E-state index contributed by atoms with van der Waals surface area (Å²) in [6.07, 6.45) is 0. The highest BCUT2D eigenvalue weighted by molar-refractivity contribution is 7.89. The molecule has 0 fully saturated rings. The standard InChI is InChI=1S/C19H22N2O7S/c1-12(19(22)20-10-13-4-6-16-18(8-13)28-11-27-16)21-29(23,24)14-5-7-15(25-2)17(9-14)26-3/h4-9,12,21H,10-11H2,1-3H3,(H,20,22)/t12-/m0/s1. The third kappa shape index (κ3) is 4.72. The van der Waals surface area contributed by atoms with Crippen LogP contribution in [-0.4, -0.2) is 41.4 Å². The average molecular weight is 422 g/mol. The minimum atomic E-state index is -3.94. The van der Waals surface area contributed by atoms with E-state index in [1.54, 1.807) is 18.2 Å². The highest BCUT2D eigenvalue weighted by Gasteiger charge is 2.23. The number of sulfonamides is 1. The SMILES string of the molecule is COc1ccc(S(=O)(=O)N[C@@H](C)C(=O)NCc2ccc3c(c2)OCO3)cc1OC. The van der Waals surface area contributed by atoms with Gasteiger partial charge in [-0.1, -0.05) is 6.07 Å². The van der Waals surface area contributed by atoms with E-state index in [9.17, 15) is 13.2 Å². The molecule has 0 unspecified atom stereocenters. The van der Waals surface area contributed by atoms with Crippen molar-refractivity contribution >= 4 is 15.9 Å². The van der Waals surface area contributed by atoms with E-state index in [1.165, 1.54) is 39.3 Å². The molecule has 1 atom stereocenters. The minimum Gasteiger partial charge on any atom is -0.493 e. The van der Waals surface area contributed by atoms with Gasteiger partial charge >= 0.3 is 0 Å². The monoisotopic (exact) mass is 422 g/mol. The average Bonchev–Trinajstić information content (AvgIpc) is 3.18. The van der Waals surface area contributed by atoms with E-state index in [1.807, 2.05) is 0 Å². The lowest BCUT2D eigenvalue weighted by atomic mass is 10.2. The molecule has 0 bridgehead atoms. The Labute approximate surface area is 169 Å². The topological polar surface area (TPSA) is 112 Å². The largest absolute Gasteiger partial charge is 0.493 e. The molecule has 1 heterocycles. The van der Waals surface area contributed by atoms with Gasteiger partial charge in [0, 0.05) is 12.6 Å². The molecule has 0 aromatic heterocycles. The second kappa shape index (κ2) is 8.58. The van der Waals surface area contributed by atoms with Gasteiger partial charge in [0.2, 0.25) is 22.7 Å². The summed E-state index contributed by atoms with van der Waals surface area (Å²) in [6, 6.07) is 8.53. The van der Waals surface area contributed by atoms with Crippen LogP contribution >= 0.6 is 0 Å². The number of ether oxygens (including phenoxy) is 4. The van der Waals surface area contributed by atoms with Crippen LogP contribution in [0.3, 0.4) is 0 Å². The van der Waals surface area contributed by atoms with Crippen LogP contribution in [0.2, 0.25) is 0 Å². The maximum Gasteiger partial charge on any atom is 0.241 e. The van der Waals surface area contributed by atoms with Crippen molar-refractivity contribution in [3.8, 4) is 23.0 Å². The molecule has 0 saturated carbocycles. The van der Waals surface area contributed by atoms with E-state index < -0.39 is 22.0 Å². The van der Waals surface area contributed by atoms with Crippen molar-refractivity contribution in [2.24, 2.45) is 0 Å².